The zero-order chi connectivity index (χ0) is 14.5. The Morgan fingerprint density at radius 1 is 1.37 bits per heavy atom. The molecular weight excluding hydrogens is 259 g/mol. The van der Waals surface area contributed by atoms with Crippen molar-refractivity contribution in [1.82, 2.24) is 0 Å². The molecule has 0 amide bonds. The lowest BCUT2D eigenvalue weighted by atomic mass is 10.1. The van der Waals surface area contributed by atoms with Crippen LogP contribution in [0.5, 0.6) is 0 Å². The van der Waals surface area contributed by atoms with Gasteiger partial charge in [0.25, 0.3) is 0 Å². The second kappa shape index (κ2) is 6.26. The first-order valence-corrected chi connectivity index (χ1v) is 5.65. The maximum atomic E-state index is 12.5. The van der Waals surface area contributed by atoms with Crippen molar-refractivity contribution in [2.45, 2.75) is 13.1 Å². The Morgan fingerprint density at radius 2 is 2.00 bits per heavy atom. The van der Waals surface area contributed by atoms with Crippen LogP contribution in [0.3, 0.4) is 0 Å². The van der Waals surface area contributed by atoms with Crippen LogP contribution in [0, 0.1) is 0 Å². The van der Waals surface area contributed by atoms with E-state index >= 15 is 0 Å². The number of alkyl halides is 3. The highest BCUT2D eigenvalue weighted by atomic mass is 19.4. The molecule has 1 aromatic carbocycles. The molecule has 0 saturated carbocycles. The normalized spacial score (nSPS) is 11.8. The van der Waals surface area contributed by atoms with Gasteiger partial charge in [0, 0.05) is 18.3 Å². The minimum atomic E-state index is -4.31. The smallest absolute Gasteiger partial charge is 0.405 e. The maximum Gasteiger partial charge on any atom is 0.405 e. The number of anilines is 1. The van der Waals surface area contributed by atoms with E-state index in [2.05, 4.69) is 0 Å². The molecule has 0 spiro atoms. The Kier molecular flexibility index (Phi) is 4.97. The molecule has 0 aliphatic rings. The van der Waals surface area contributed by atoms with Crippen LogP contribution in [0.2, 0.25) is 0 Å². The van der Waals surface area contributed by atoms with E-state index in [4.69, 9.17) is 5.11 Å². The number of carbonyl (C=O) groups is 1. The summed E-state index contributed by atoms with van der Waals surface area (Å²) in [5, 5.41) is 8.57. The molecule has 104 valence electrons. The fourth-order valence-corrected chi connectivity index (χ4v) is 1.66. The first-order valence-electron chi connectivity index (χ1n) is 5.65. The van der Waals surface area contributed by atoms with Crippen molar-refractivity contribution in [3.63, 3.8) is 0 Å². The molecule has 1 aromatic rings. The number of hydrogen-bond acceptors (Lipinski definition) is 2. The third kappa shape index (κ3) is 5.03. The van der Waals surface area contributed by atoms with Gasteiger partial charge in [0.2, 0.25) is 0 Å². The molecule has 0 fully saturated rings. The van der Waals surface area contributed by atoms with Crippen LogP contribution >= 0.6 is 0 Å². The molecule has 0 aliphatic carbocycles. The summed E-state index contributed by atoms with van der Waals surface area (Å²) in [5.74, 6) is -1.14. The van der Waals surface area contributed by atoms with Gasteiger partial charge >= 0.3 is 12.1 Å². The van der Waals surface area contributed by atoms with Gasteiger partial charge in [-0.05, 0) is 24.6 Å². The van der Waals surface area contributed by atoms with Gasteiger partial charge in [-0.3, -0.25) is 0 Å². The van der Waals surface area contributed by atoms with Crippen LogP contribution < -0.4 is 4.90 Å². The molecule has 6 heteroatoms. The van der Waals surface area contributed by atoms with Crippen molar-refractivity contribution < 1.29 is 23.1 Å². The lowest BCUT2D eigenvalue weighted by Gasteiger charge is -2.26. The molecule has 0 heterocycles. The van der Waals surface area contributed by atoms with Crippen LogP contribution in [0.4, 0.5) is 18.9 Å². The number of benzene rings is 1. The maximum absolute atomic E-state index is 12.5. The topological polar surface area (TPSA) is 40.5 Å². The summed E-state index contributed by atoms with van der Waals surface area (Å²) < 4.78 is 37.4. The van der Waals surface area contributed by atoms with Gasteiger partial charge in [0.15, 0.2) is 0 Å². The quantitative estimate of drug-likeness (QED) is 0.838. The minimum Gasteiger partial charge on any atom is -0.478 e. The molecule has 0 bridgehead atoms. The zero-order valence-corrected chi connectivity index (χ0v) is 10.3. The number of halogens is 3. The fraction of sp³-hybridized carbons (Fsp3) is 0.308. The molecule has 0 aliphatic heterocycles. The van der Waals surface area contributed by atoms with Crippen LogP contribution in [0.25, 0.3) is 6.08 Å². The Morgan fingerprint density at radius 3 is 2.53 bits per heavy atom. The fourth-order valence-electron chi connectivity index (χ4n) is 1.66. The summed E-state index contributed by atoms with van der Waals surface area (Å²) in [6, 6.07) is 6.38. The van der Waals surface area contributed by atoms with Gasteiger partial charge in [0.05, 0.1) is 0 Å². The first kappa shape index (κ1) is 15.1. The van der Waals surface area contributed by atoms with E-state index in [9.17, 15) is 18.0 Å². The van der Waals surface area contributed by atoms with Crippen molar-refractivity contribution in [3.8, 4) is 0 Å². The second-order valence-corrected chi connectivity index (χ2v) is 3.86. The molecule has 0 aromatic heterocycles. The van der Waals surface area contributed by atoms with Crippen molar-refractivity contribution >= 4 is 17.7 Å². The van der Waals surface area contributed by atoms with Crippen molar-refractivity contribution in [1.29, 1.82) is 0 Å². The lowest BCUT2D eigenvalue weighted by Crippen LogP contribution is -2.34. The molecule has 0 atom stereocenters. The third-order valence-electron chi connectivity index (χ3n) is 2.43. The molecule has 1 rings (SSSR count). The first-order chi connectivity index (χ1) is 8.83. The number of carboxylic acid groups (broad SMARTS) is 1. The van der Waals surface area contributed by atoms with E-state index in [-0.39, 0.29) is 6.54 Å². The SMILES string of the molecule is CCN(CC(F)(F)F)c1ccccc1C=CC(=O)O. The van der Waals surface area contributed by atoms with Crippen molar-refractivity contribution in [2.75, 3.05) is 18.0 Å². The van der Waals surface area contributed by atoms with E-state index in [0.717, 1.165) is 11.0 Å². The number of rotatable bonds is 5. The Balaban J connectivity index is 3.06. The Bertz CT molecular complexity index is 469. The van der Waals surface area contributed by atoms with Crippen molar-refractivity contribution in [2.24, 2.45) is 0 Å². The predicted molar refractivity (Wildman–Crippen MR) is 67.1 cm³/mol. The largest absolute Gasteiger partial charge is 0.478 e. The highest BCUT2D eigenvalue weighted by molar-refractivity contribution is 5.87. The standard InChI is InChI=1S/C13H14F3NO2/c1-2-17(9-13(14,15)16)11-6-4-3-5-10(11)7-8-12(18)19/h3-8H,2,9H2,1H3,(H,18,19). The van der Waals surface area contributed by atoms with Crippen LogP contribution in [0.15, 0.2) is 30.3 Å². The number of hydrogen-bond donors (Lipinski definition) is 1. The molecule has 0 saturated heterocycles. The van der Waals surface area contributed by atoms with E-state index in [1.807, 2.05) is 0 Å². The van der Waals surface area contributed by atoms with Gasteiger partial charge in [-0.15, -0.1) is 0 Å². The van der Waals surface area contributed by atoms with Gasteiger partial charge in [-0.1, -0.05) is 18.2 Å². The Labute approximate surface area is 109 Å². The summed E-state index contributed by atoms with van der Waals surface area (Å²) in [7, 11) is 0. The zero-order valence-electron chi connectivity index (χ0n) is 10.3. The van der Waals surface area contributed by atoms with Gasteiger partial charge < -0.3 is 10.0 Å². The lowest BCUT2D eigenvalue weighted by molar-refractivity contribution is -0.131. The monoisotopic (exact) mass is 273 g/mol. The molecule has 3 nitrogen and oxygen atoms in total. The molecule has 0 radical (unpaired) electrons. The third-order valence-corrected chi connectivity index (χ3v) is 2.43. The van der Waals surface area contributed by atoms with Gasteiger partial charge in [-0.25, -0.2) is 4.79 Å². The summed E-state index contributed by atoms with van der Waals surface area (Å²) in [6.45, 7) is 0.724. The average molecular weight is 273 g/mol. The van der Waals surface area contributed by atoms with E-state index in [0.29, 0.717) is 11.3 Å². The second-order valence-electron chi connectivity index (χ2n) is 3.86. The predicted octanol–water partition coefficient (Wildman–Crippen LogP) is 3.17. The average Bonchev–Trinajstić information content (AvgIpc) is 2.33. The van der Waals surface area contributed by atoms with Crippen LogP contribution in [-0.2, 0) is 4.79 Å². The van der Waals surface area contributed by atoms with Crippen LogP contribution in [-0.4, -0.2) is 30.3 Å². The van der Waals surface area contributed by atoms with E-state index < -0.39 is 18.7 Å². The number of para-hydroxylation sites is 1. The van der Waals surface area contributed by atoms with E-state index in [1.54, 1.807) is 25.1 Å². The summed E-state index contributed by atoms with van der Waals surface area (Å²) in [5.41, 5.74) is 0.802. The highest BCUT2D eigenvalue weighted by Crippen LogP contribution is 2.25. The highest BCUT2D eigenvalue weighted by Gasteiger charge is 2.30. The number of nitrogens with zero attached hydrogens (tertiary/aromatic N) is 1. The Hall–Kier alpha value is -1.98. The van der Waals surface area contributed by atoms with E-state index in [1.165, 1.54) is 12.1 Å². The molecular formula is C13H14F3NO2. The molecule has 19 heavy (non-hydrogen) atoms. The number of carboxylic acids is 1. The summed E-state index contributed by atoms with van der Waals surface area (Å²) >= 11 is 0. The van der Waals surface area contributed by atoms with Crippen LogP contribution in [0.1, 0.15) is 12.5 Å². The molecule has 0 unspecified atom stereocenters. The van der Waals surface area contributed by atoms with Crippen molar-refractivity contribution in [3.05, 3.63) is 35.9 Å². The number of aliphatic carboxylic acids is 1. The minimum absolute atomic E-state index is 0.178. The van der Waals surface area contributed by atoms with Gasteiger partial charge in [-0.2, -0.15) is 13.2 Å². The van der Waals surface area contributed by atoms with Gasteiger partial charge in [0.1, 0.15) is 6.54 Å². The summed E-state index contributed by atoms with van der Waals surface area (Å²) in [4.78, 5) is 11.6. The molecule has 1 N–H and O–H groups in total. The summed E-state index contributed by atoms with van der Waals surface area (Å²) in [6.07, 6.45) is -2.11.